The number of hydrogen-bond acceptors (Lipinski definition) is 4. The fourth-order valence-corrected chi connectivity index (χ4v) is 4.79. The van der Waals surface area contributed by atoms with Crippen LogP contribution in [0.15, 0.2) is 12.2 Å². The predicted molar refractivity (Wildman–Crippen MR) is 67.6 cm³/mol. The van der Waals surface area contributed by atoms with E-state index in [9.17, 15) is 39.6 Å². The molecular weight excluding hydrogens is 296 g/mol. The number of hydrogen-bond donors (Lipinski definition) is 4. The molecule has 4 aliphatic carbocycles. The van der Waals surface area contributed by atoms with Gasteiger partial charge in [-0.3, -0.25) is 19.2 Å². The number of allylic oxidation sites excluding steroid dienone is 2. The maximum absolute atomic E-state index is 11.5. The third kappa shape index (κ3) is 1.63. The van der Waals surface area contributed by atoms with Crippen LogP contribution in [-0.4, -0.2) is 44.3 Å². The molecule has 0 aromatic rings. The van der Waals surface area contributed by atoms with Crippen molar-refractivity contribution in [2.24, 2.45) is 47.3 Å². The van der Waals surface area contributed by atoms with E-state index in [0.717, 1.165) is 0 Å². The molecule has 0 unspecified atom stereocenters. The first kappa shape index (κ1) is 14.6. The smallest absolute Gasteiger partial charge is 0.308 e. The zero-order valence-corrected chi connectivity index (χ0v) is 11.2. The van der Waals surface area contributed by atoms with E-state index in [4.69, 9.17) is 0 Å². The maximum Gasteiger partial charge on any atom is 0.308 e. The zero-order valence-electron chi connectivity index (χ0n) is 11.2. The van der Waals surface area contributed by atoms with E-state index >= 15 is 0 Å². The van der Waals surface area contributed by atoms with Crippen LogP contribution in [0.5, 0.6) is 0 Å². The summed E-state index contributed by atoms with van der Waals surface area (Å²) < 4.78 is 0. The molecule has 4 aliphatic rings. The molecule has 2 fully saturated rings. The first-order valence-corrected chi connectivity index (χ1v) is 6.87. The van der Waals surface area contributed by atoms with Crippen LogP contribution in [0.1, 0.15) is 0 Å². The van der Waals surface area contributed by atoms with E-state index in [1.165, 1.54) is 0 Å². The van der Waals surface area contributed by atoms with Crippen LogP contribution in [0.2, 0.25) is 0 Å². The molecule has 22 heavy (non-hydrogen) atoms. The van der Waals surface area contributed by atoms with E-state index < -0.39 is 71.2 Å². The van der Waals surface area contributed by atoms with E-state index in [1.807, 2.05) is 0 Å². The first-order valence-electron chi connectivity index (χ1n) is 6.87. The number of rotatable bonds is 4. The highest BCUT2D eigenvalue weighted by atomic mass is 16.4. The molecule has 4 rings (SSSR count). The standard InChI is InChI=1S/C14H14O8/c15-11(16)7-3-1-2-4(8(7)12(17)18)6-5(3)9(13(19)20)10(6)14(21)22/h1-10H,(H,15,16)(H,17,18)(H,19,20)(H,21,22)/t3-,4+,5+,6-,7+,8-,9+,10-. The van der Waals surface area contributed by atoms with E-state index in [-0.39, 0.29) is 0 Å². The second kappa shape index (κ2) is 4.56. The van der Waals surface area contributed by atoms with Gasteiger partial charge in [0.25, 0.3) is 0 Å². The van der Waals surface area contributed by atoms with Crippen LogP contribution < -0.4 is 0 Å². The molecule has 2 bridgehead atoms. The summed E-state index contributed by atoms with van der Waals surface area (Å²) in [6.07, 6.45) is 3.11. The van der Waals surface area contributed by atoms with Gasteiger partial charge in [0.15, 0.2) is 0 Å². The summed E-state index contributed by atoms with van der Waals surface area (Å²) in [4.78, 5) is 45.7. The van der Waals surface area contributed by atoms with Crippen LogP contribution >= 0.6 is 0 Å². The van der Waals surface area contributed by atoms with Gasteiger partial charge in [0, 0.05) is 0 Å². The molecule has 0 aliphatic heterocycles. The fourth-order valence-electron chi connectivity index (χ4n) is 4.79. The molecule has 0 radical (unpaired) electrons. The highest BCUT2D eigenvalue weighted by Gasteiger charge is 2.70. The molecule has 0 aromatic carbocycles. The Balaban J connectivity index is 2.06. The van der Waals surface area contributed by atoms with Crippen molar-refractivity contribution in [2.75, 3.05) is 0 Å². The van der Waals surface area contributed by atoms with Crippen molar-refractivity contribution < 1.29 is 39.6 Å². The van der Waals surface area contributed by atoms with Crippen molar-refractivity contribution >= 4 is 23.9 Å². The highest BCUT2D eigenvalue weighted by Crippen LogP contribution is 2.64. The molecule has 8 heteroatoms. The molecule has 0 heterocycles. The lowest BCUT2D eigenvalue weighted by Crippen LogP contribution is -2.67. The van der Waals surface area contributed by atoms with Crippen LogP contribution in [0, 0.1) is 47.3 Å². The lowest BCUT2D eigenvalue weighted by Gasteiger charge is -2.61. The Morgan fingerprint density at radius 2 is 0.818 bits per heavy atom. The topological polar surface area (TPSA) is 149 Å². The first-order chi connectivity index (χ1) is 10.3. The summed E-state index contributed by atoms with van der Waals surface area (Å²) >= 11 is 0. The Morgan fingerprint density at radius 1 is 0.545 bits per heavy atom. The molecule has 2 saturated carbocycles. The lowest BCUT2D eigenvalue weighted by molar-refractivity contribution is -0.206. The highest BCUT2D eigenvalue weighted by molar-refractivity contribution is 5.86. The number of carboxylic acids is 4. The normalized spacial score (nSPS) is 44.7. The Kier molecular flexibility index (Phi) is 3.01. The van der Waals surface area contributed by atoms with Crippen LogP contribution in [0.3, 0.4) is 0 Å². The lowest BCUT2D eigenvalue weighted by atomic mass is 9.39. The third-order valence-electron chi connectivity index (χ3n) is 5.46. The zero-order chi connectivity index (χ0) is 16.3. The van der Waals surface area contributed by atoms with Gasteiger partial charge in [0.1, 0.15) is 0 Å². The van der Waals surface area contributed by atoms with Crippen LogP contribution in [-0.2, 0) is 19.2 Å². The van der Waals surface area contributed by atoms with E-state index in [0.29, 0.717) is 0 Å². The molecule has 118 valence electrons. The van der Waals surface area contributed by atoms with Gasteiger partial charge in [-0.25, -0.2) is 0 Å². The molecule has 0 amide bonds. The van der Waals surface area contributed by atoms with Gasteiger partial charge in [-0.1, -0.05) is 12.2 Å². The van der Waals surface area contributed by atoms with Crippen molar-refractivity contribution in [3.8, 4) is 0 Å². The number of fused-ring (bicyclic) bond motifs is 1. The van der Waals surface area contributed by atoms with Crippen molar-refractivity contribution in [3.05, 3.63) is 12.2 Å². The molecule has 0 aromatic heterocycles. The largest absolute Gasteiger partial charge is 0.481 e. The quantitative estimate of drug-likeness (QED) is 0.524. The average Bonchev–Trinajstić information content (AvgIpc) is 2.36. The predicted octanol–water partition coefficient (Wildman–Crippen LogP) is -0.149. The van der Waals surface area contributed by atoms with Crippen molar-refractivity contribution in [1.82, 2.24) is 0 Å². The Labute approximate surface area is 124 Å². The summed E-state index contributed by atoms with van der Waals surface area (Å²) in [6, 6.07) is 0. The van der Waals surface area contributed by atoms with Gasteiger partial charge in [0.2, 0.25) is 0 Å². The Hall–Kier alpha value is -2.38. The summed E-state index contributed by atoms with van der Waals surface area (Å²) in [5, 5.41) is 37.2. The van der Waals surface area contributed by atoms with Crippen LogP contribution in [0.4, 0.5) is 0 Å². The number of carboxylic acid groups (broad SMARTS) is 4. The number of aliphatic carboxylic acids is 4. The minimum absolute atomic E-state index is 0.634. The van der Waals surface area contributed by atoms with Gasteiger partial charge >= 0.3 is 23.9 Å². The van der Waals surface area contributed by atoms with Gasteiger partial charge in [-0.15, -0.1) is 0 Å². The third-order valence-corrected chi connectivity index (χ3v) is 5.46. The maximum atomic E-state index is 11.5. The van der Waals surface area contributed by atoms with E-state index in [2.05, 4.69) is 0 Å². The Morgan fingerprint density at radius 3 is 1.05 bits per heavy atom. The SMILES string of the molecule is O=C(O)[C@@H]1[C@H]2C=C[C@@H]([C@@H]1C(=O)O)[C@@H]1[C@H](C(=O)O)[C@H](C(=O)O)[C@H]21. The van der Waals surface area contributed by atoms with Gasteiger partial charge in [-0.2, -0.15) is 0 Å². The summed E-state index contributed by atoms with van der Waals surface area (Å²) in [5.41, 5.74) is 0. The van der Waals surface area contributed by atoms with E-state index in [1.54, 1.807) is 12.2 Å². The molecule has 4 N–H and O–H groups in total. The average molecular weight is 310 g/mol. The monoisotopic (exact) mass is 310 g/mol. The summed E-state index contributed by atoms with van der Waals surface area (Å²) in [7, 11) is 0. The Bertz CT molecular complexity index is 556. The van der Waals surface area contributed by atoms with Crippen molar-refractivity contribution in [2.45, 2.75) is 0 Å². The second-order valence-electron chi connectivity index (χ2n) is 6.15. The second-order valence-corrected chi connectivity index (χ2v) is 6.15. The minimum atomic E-state index is -1.28. The van der Waals surface area contributed by atoms with Gasteiger partial charge in [0.05, 0.1) is 23.7 Å². The van der Waals surface area contributed by atoms with Gasteiger partial charge in [-0.05, 0) is 23.7 Å². The van der Waals surface area contributed by atoms with Crippen LogP contribution in [0.25, 0.3) is 0 Å². The number of carbonyl (C=O) groups is 4. The van der Waals surface area contributed by atoms with Crippen molar-refractivity contribution in [1.29, 1.82) is 0 Å². The van der Waals surface area contributed by atoms with Gasteiger partial charge < -0.3 is 20.4 Å². The summed E-state index contributed by atoms with van der Waals surface area (Å²) in [6.45, 7) is 0. The summed E-state index contributed by atoms with van der Waals surface area (Å²) in [5.74, 6) is -12.7. The molecule has 0 spiro atoms. The molecule has 0 saturated heterocycles. The molecule has 8 nitrogen and oxygen atoms in total. The molecular formula is C14H14O8. The van der Waals surface area contributed by atoms with Crippen molar-refractivity contribution in [3.63, 3.8) is 0 Å². The molecule has 8 atom stereocenters. The fraction of sp³-hybridized carbons (Fsp3) is 0.571. The minimum Gasteiger partial charge on any atom is -0.481 e.